The number of hydrogen-bond donors (Lipinski definition) is 2. The second-order valence-corrected chi connectivity index (χ2v) is 9.35. The maximum absolute atomic E-state index is 13.0. The minimum absolute atomic E-state index is 0.0321. The number of nitrogens with one attached hydrogen (secondary N) is 2. The minimum atomic E-state index is -4.54. The number of anilines is 1. The number of hydrogen-bond acceptors (Lipinski definition) is 5. The molecule has 2 amide bonds. The Morgan fingerprint density at radius 3 is 2.65 bits per heavy atom. The van der Waals surface area contributed by atoms with Gasteiger partial charge >= 0.3 is 6.18 Å². The summed E-state index contributed by atoms with van der Waals surface area (Å²) < 4.78 is 39.7. The summed E-state index contributed by atoms with van der Waals surface area (Å²) in [7, 11) is 0. The Kier molecular flexibility index (Phi) is 6.74. The summed E-state index contributed by atoms with van der Waals surface area (Å²) in [6.07, 6.45) is 1.85. The third-order valence-electron chi connectivity index (χ3n) is 5.85. The normalized spacial score (nSPS) is 14.8. The van der Waals surface area contributed by atoms with E-state index in [9.17, 15) is 27.6 Å². The lowest BCUT2D eigenvalue weighted by molar-refractivity contribution is -0.137. The number of benzene rings is 1. The second-order valence-electron chi connectivity index (χ2n) is 8.35. The Morgan fingerprint density at radius 1 is 1.21 bits per heavy atom. The summed E-state index contributed by atoms with van der Waals surface area (Å²) in [5.74, 6) is -0.911. The number of aryl methyl sites for hydroxylation is 1. The van der Waals surface area contributed by atoms with E-state index in [-0.39, 0.29) is 23.0 Å². The molecule has 0 unspecified atom stereocenters. The molecular weight excluding hydrogens is 469 g/mol. The number of thiophene rings is 1. The Morgan fingerprint density at radius 2 is 1.94 bits per heavy atom. The summed E-state index contributed by atoms with van der Waals surface area (Å²) >= 11 is 1.13. The van der Waals surface area contributed by atoms with Crippen molar-refractivity contribution in [2.24, 2.45) is 0 Å². The van der Waals surface area contributed by atoms with Gasteiger partial charge in [0.25, 0.3) is 11.5 Å². The highest BCUT2D eigenvalue weighted by Crippen LogP contribution is 2.31. The van der Waals surface area contributed by atoms with E-state index in [4.69, 9.17) is 0 Å². The van der Waals surface area contributed by atoms with Crippen LogP contribution in [0.5, 0.6) is 0 Å². The molecule has 1 aliphatic rings. The summed E-state index contributed by atoms with van der Waals surface area (Å²) in [5.41, 5.74) is -0.915. The van der Waals surface area contributed by atoms with E-state index >= 15 is 0 Å². The molecular formula is C23H23F3N4O3S. The molecule has 1 fully saturated rings. The maximum atomic E-state index is 13.0. The van der Waals surface area contributed by atoms with Gasteiger partial charge in [-0.2, -0.15) is 13.2 Å². The topological polar surface area (TPSA) is 93.1 Å². The molecule has 2 heterocycles. The Hall–Kier alpha value is -3.21. The van der Waals surface area contributed by atoms with Gasteiger partial charge in [-0.3, -0.25) is 19.0 Å². The van der Waals surface area contributed by atoms with E-state index in [1.165, 1.54) is 24.9 Å². The van der Waals surface area contributed by atoms with E-state index in [2.05, 4.69) is 15.6 Å². The first-order valence-corrected chi connectivity index (χ1v) is 11.7. The number of fused-ring (bicyclic) bond motifs is 1. The predicted molar refractivity (Wildman–Crippen MR) is 123 cm³/mol. The van der Waals surface area contributed by atoms with Crippen molar-refractivity contribution in [1.82, 2.24) is 14.9 Å². The molecule has 180 valence electrons. The smallest absolute Gasteiger partial charge is 0.349 e. The summed E-state index contributed by atoms with van der Waals surface area (Å²) in [6, 6.07) is 4.36. The fourth-order valence-electron chi connectivity index (χ4n) is 4.11. The van der Waals surface area contributed by atoms with Gasteiger partial charge < -0.3 is 10.6 Å². The van der Waals surface area contributed by atoms with E-state index in [0.29, 0.717) is 15.3 Å². The maximum Gasteiger partial charge on any atom is 0.416 e. The molecule has 11 heteroatoms. The number of amides is 2. The molecule has 7 nitrogen and oxygen atoms in total. The van der Waals surface area contributed by atoms with Crippen molar-refractivity contribution >= 4 is 39.1 Å². The molecule has 3 aromatic rings. The van der Waals surface area contributed by atoms with Gasteiger partial charge in [0, 0.05) is 11.7 Å². The summed E-state index contributed by atoms with van der Waals surface area (Å²) in [6.45, 7) is 1.24. The SMILES string of the molecule is Cc1c(C(=O)NC2CCCCC2)sc2ncn(CC(=O)Nc3cccc(C(F)(F)F)c3)c(=O)c12. The van der Waals surface area contributed by atoms with Crippen LogP contribution in [-0.2, 0) is 17.5 Å². The van der Waals surface area contributed by atoms with Crippen molar-refractivity contribution in [1.29, 1.82) is 0 Å². The molecule has 34 heavy (non-hydrogen) atoms. The molecule has 2 N–H and O–H groups in total. The van der Waals surface area contributed by atoms with Gasteiger partial charge in [-0.1, -0.05) is 25.3 Å². The largest absolute Gasteiger partial charge is 0.416 e. The fourth-order valence-corrected chi connectivity index (χ4v) is 5.16. The zero-order chi connectivity index (χ0) is 24.5. The Balaban J connectivity index is 1.52. The zero-order valence-corrected chi connectivity index (χ0v) is 19.2. The van der Waals surface area contributed by atoms with Crippen LogP contribution in [0.4, 0.5) is 18.9 Å². The average Bonchev–Trinajstić information content (AvgIpc) is 3.13. The van der Waals surface area contributed by atoms with Gasteiger partial charge in [0.05, 0.1) is 22.2 Å². The Bertz CT molecular complexity index is 1290. The minimum Gasteiger partial charge on any atom is -0.349 e. The first-order chi connectivity index (χ1) is 16.1. The van der Waals surface area contributed by atoms with Crippen LogP contribution >= 0.6 is 11.3 Å². The van der Waals surface area contributed by atoms with Crippen LogP contribution < -0.4 is 16.2 Å². The number of aromatic nitrogens is 2. The fraction of sp³-hybridized carbons (Fsp3) is 0.391. The van der Waals surface area contributed by atoms with Crippen LogP contribution in [-0.4, -0.2) is 27.4 Å². The number of halogens is 3. The van der Waals surface area contributed by atoms with Crippen molar-refractivity contribution in [3.05, 3.63) is 57.0 Å². The van der Waals surface area contributed by atoms with Gasteiger partial charge in [0.1, 0.15) is 11.4 Å². The third kappa shape index (κ3) is 5.14. The van der Waals surface area contributed by atoms with Crippen LogP contribution in [0.2, 0.25) is 0 Å². The van der Waals surface area contributed by atoms with Gasteiger partial charge in [0.2, 0.25) is 5.91 Å². The first-order valence-electron chi connectivity index (χ1n) is 10.9. The molecule has 0 radical (unpaired) electrons. The number of carbonyl (C=O) groups is 2. The molecule has 2 aromatic heterocycles. The second kappa shape index (κ2) is 9.57. The molecule has 0 bridgehead atoms. The molecule has 1 saturated carbocycles. The van der Waals surface area contributed by atoms with Crippen molar-refractivity contribution in [3.63, 3.8) is 0 Å². The molecule has 4 rings (SSSR count). The lowest BCUT2D eigenvalue weighted by Crippen LogP contribution is -2.36. The van der Waals surface area contributed by atoms with Crippen LogP contribution in [0.1, 0.15) is 52.9 Å². The molecule has 1 aromatic carbocycles. The summed E-state index contributed by atoms with van der Waals surface area (Å²) in [5, 5.41) is 5.67. The van der Waals surface area contributed by atoms with Crippen LogP contribution in [0.3, 0.4) is 0 Å². The molecule has 0 atom stereocenters. The monoisotopic (exact) mass is 492 g/mol. The van der Waals surface area contributed by atoms with Gasteiger partial charge in [-0.05, 0) is 43.5 Å². The van der Waals surface area contributed by atoms with Gasteiger partial charge in [0.15, 0.2) is 0 Å². The highest BCUT2D eigenvalue weighted by atomic mass is 32.1. The van der Waals surface area contributed by atoms with E-state index in [0.717, 1.165) is 53.7 Å². The van der Waals surface area contributed by atoms with E-state index in [1.807, 2.05) is 0 Å². The molecule has 1 aliphatic carbocycles. The standard InChI is InChI=1S/C23H23F3N4O3S/c1-13-18-21(34-19(13)20(32)29-15-7-3-2-4-8-15)27-12-30(22(18)33)11-17(31)28-16-9-5-6-14(10-16)23(24,25)26/h5-6,9-10,12,15H,2-4,7-8,11H2,1H3,(H,28,31)(H,29,32). The lowest BCUT2D eigenvalue weighted by atomic mass is 9.95. The number of rotatable bonds is 5. The quantitative estimate of drug-likeness (QED) is 0.549. The number of alkyl halides is 3. The van der Waals surface area contributed by atoms with Gasteiger partial charge in [-0.15, -0.1) is 11.3 Å². The van der Waals surface area contributed by atoms with Crippen molar-refractivity contribution in [2.75, 3.05) is 5.32 Å². The van der Waals surface area contributed by atoms with Crippen molar-refractivity contribution in [2.45, 2.75) is 57.8 Å². The zero-order valence-electron chi connectivity index (χ0n) is 18.4. The van der Waals surface area contributed by atoms with Crippen molar-refractivity contribution < 1.29 is 22.8 Å². The van der Waals surface area contributed by atoms with Gasteiger partial charge in [-0.25, -0.2) is 4.98 Å². The third-order valence-corrected chi connectivity index (χ3v) is 7.05. The average molecular weight is 493 g/mol. The number of nitrogens with zero attached hydrogens (tertiary/aromatic N) is 2. The first kappa shape index (κ1) is 23.9. The molecule has 0 aliphatic heterocycles. The van der Waals surface area contributed by atoms with Crippen LogP contribution in [0.25, 0.3) is 10.2 Å². The van der Waals surface area contributed by atoms with E-state index in [1.54, 1.807) is 6.92 Å². The predicted octanol–water partition coefficient (Wildman–Crippen LogP) is 4.49. The van der Waals surface area contributed by atoms with Crippen LogP contribution in [0, 0.1) is 6.92 Å². The lowest BCUT2D eigenvalue weighted by Gasteiger charge is -2.22. The molecule has 0 spiro atoms. The van der Waals surface area contributed by atoms with Crippen molar-refractivity contribution in [3.8, 4) is 0 Å². The summed E-state index contributed by atoms with van der Waals surface area (Å²) in [4.78, 5) is 43.3. The highest BCUT2D eigenvalue weighted by molar-refractivity contribution is 7.20. The van der Waals surface area contributed by atoms with Crippen LogP contribution in [0.15, 0.2) is 35.4 Å². The molecule has 0 saturated heterocycles. The highest BCUT2D eigenvalue weighted by Gasteiger charge is 2.30. The number of carbonyl (C=O) groups excluding carboxylic acids is 2. The van der Waals surface area contributed by atoms with E-state index < -0.39 is 29.8 Å². The Labute approximate surface area is 197 Å².